The Morgan fingerprint density at radius 2 is 1.96 bits per heavy atom. The van der Waals surface area contributed by atoms with Crippen molar-refractivity contribution in [2.75, 3.05) is 5.32 Å². The molecular formula is C18H16N4O3. The van der Waals surface area contributed by atoms with E-state index in [4.69, 9.17) is 10.3 Å². The molecule has 0 saturated carbocycles. The average molecular weight is 336 g/mol. The molecule has 0 fully saturated rings. The SMILES string of the molecule is CCc1ccc(C(=O)Nc2onc(-c3cccnc3)c2C(N)=O)cc1. The van der Waals surface area contributed by atoms with E-state index in [1.807, 2.05) is 19.1 Å². The van der Waals surface area contributed by atoms with Gasteiger partial charge in [-0.2, -0.15) is 0 Å². The van der Waals surface area contributed by atoms with E-state index in [0.29, 0.717) is 11.1 Å². The number of benzene rings is 1. The number of pyridine rings is 1. The van der Waals surface area contributed by atoms with Crippen LogP contribution < -0.4 is 11.1 Å². The zero-order valence-corrected chi connectivity index (χ0v) is 13.5. The van der Waals surface area contributed by atoms with Gasteiger partial charge in [-0.15, -0.1) is 0 Å². The molecule has 126 valence electrons. The first-order valence-electron chi connectivity index (χ1n) is 7.70. The van der Waals surface area contributed by atoms with Crippen molar-refractivity contribution in [2.24, 2.45) is 5.73 Å². The highest BCUT2D eigenvalue weighted by Gasteiger charge is 2.24. The summed E-state index contributed by atoms with van der Waals surface area (Å²) in [5.41, 5.74) is 7.80. The first-order chi connectivity index (χ1) is 12.1. The lowest BCUT2D eigenvalue weighted by molar-refractivity contribution is 0.100. The van der Waals surface area contributed by atoms with Crippen molar-refractivity contribution in [1.82, 2.24) is 10.1 Å². The highest BCUT2D eigenvalue weighted by Crippen LogP contribution is 2.28. The summed E-state index contributed by atoms with van der Waals surface area (Å²) < 4.78 is 5.14. The topological polar surface area (TPSA) is 111 Å². The van der Waals surface area contributed by atoms with Crippen LogP contribution in [-0.4, -0.2) is 22.0 Å². The third kappa shape index (κ3) is 3.40. The van der Waals surface area contributed by atoms with E-state index in [9.17, 15) is 9.59 Å². The maximum Gasteiger partial charge on any atom is 0.258 e. The Balaban J connectivity index is 1.91. The number of primary amides is 1. The summed E-state index contributed by atoms with van der Waals surface area (Å²) in [7, 11) is 0. The van der Waals surface area contributed by atoms with E-state index in [2.05, 4.69) is 15.5 Å². The first kappa shape index (κ1) is 16.4. The molecule has 2 amide bonds. The van der Waals surface area contributed by atoms with Crippen LogP contribution in [0.2, 0.25) is 0 Å². The summed E-state index contributed by atoms with van der Waals surface area (Å²) in [5.74, 6) is -1.26. The highest BCUT2D eigenvalue weighted by molar-refractivity contribution is 6.09. The molecule has 2 aromatic heterocycles. The van der Waals surface area contributed by atoms with Crippen molar-refractivity contribution in [1.29, 1.82) is 0 Å². The molecule has 2 heterocycles. The molecule has 1 aromatic carbocycles. The quantitative estimate of drug-likeness (QED) is 0.744. The van der Waals surface area contributed by atoms with Gasteiger partial charge in [0.05, 0.1) is 0 Å². The lowest BCUT2D eigenvalue weighted by Gasteiger charge is -2.04. The first-order valence-corrected chi connectivity index (χ1v) is 7.70. The predicted octanol–water partition coefficient (Wildman–Crippen LogP) is 2.65. The molecule has 0 aliphatic carbocycles. The number of aryl methyl sites for hydroxylation is 1. The van der Waals surface area contributed by atoms with Gasteiger partial charge in [0, 0.05) is 23.5 Å². The number of anilines is 1. The van der Waals surface area contributed by atoms with Gasteiger partial charge in [-0.3, -0.25) is 19.9 Å². The summed E-state index contributed by atoms with van der Waals surface area (Å²) in [4.78, 5) is 28.2. The van der Waals surface area contributed by atoms with Crippen LogP contribution in [-0.2, 0) is 6.42 Å². The number of nitrogens with one attached hydrogen (secondary N) is 1. The van der Waals surface area contributed by atoms with E-state index in [1.165, 1.54) is 6.20 Å². The summed E-state index contributed by atoms with van der Waals surface area (Å²) in [5, 5.41) is 6.40. The number of hydrogen-bond donors (Lipinski definition) is 2. The van der Waals surface area contributed by atoms with Crippen LogP contribution in [0.3, 0.4) is 0 Å². The number of aromatic nitrogens is 2. The third-order valence-corrected chi connectivity index (χ3v) is 3.72. The van der Waals surface area contributed by atoms with Gasteiger partial charge in [0.2, 0.25) is 5.88 Å². The minimum absolute atomic E-state index is 0.00604. The van der Waals surface area contributed by atoms with Crippen LogP contribution in [0.5, 0.6) is 0 Å². The van der Waals surface area contributed by atoms with E-state index < -0.39 is 11.8 Å². The molecule has 3 aromatic rings. The van der Waals surface area contributed by atoms with Crippen molar-refractivity contribution in [3.63, 3.8) is 0 Å². The van der Waals surface area contributed by atoms with Gasteiger partial charge in [0.1, 0.15) is 11.3 Å². The van der Waals surface area contributed by atoms with E-state index in [1.54, 1.807) is 30.5 Å². The number of nitrogens with two attached hydrogens (primary N) is 1. The Labute approximate surface area is 143 Å². The minimum Gasteiger partial charge on any atom is -0.365 e. The molecule has 0 bridgehead atoms. The average Bonchev–Trinajstić information content (AvgIpc) is 3.06. The molecule has 0 unspecified atom stereocenters. The number of amides is 2. The van der Waals surface area contributed by atoms with Gasteiger partial charge >= 0.3 is 0 Å². The largest absolute Gasteiger partial charge is 0.365 e. The molecule has 0 atom stereocenters. The van der Waals surface area contributed by atoms with Gasteiger partial charge in [-0.1, -0.05) is 24.2 Å². The number of carbonyl (C=O) groups excluding carboxylic acids is 2. The number of carbonyl (C=O) groups is 2. The Bertz CT molecular complexity index is 902. The standard InChI is InChI=1S/C18H16N4O3/c1-2-11-5-7-12(8-6-11)17(24)21-18-14(16(19)23)15(22-25-18)13-4-3-9-20-10-13/h3-10H,2H2,1H3,(H2,19,23)(H,21,24). The highest BCUT2D eigenvalue weighted by atomic mass is 16.5. The van der Waals surface area contributed by atoms with Gasteiger partial charge < -0.3 is 10.3 Å². The van der Waals surface area contributed by atoms with Crippen molar-refractivity contribution in [3.05, 3.63) is 65.5 Å². The van der Waals surface area contributed by atoms with Crippen LogP contribution in [0.25, 0.3) is 11.3 Å². The van der Waals surface area contributed by atoms with E-state index >= 15 is 0 Å². The maximum absolute atomic E-state index is 12.4. The second-order valence-corrected chi connectivity index (χ2v) is 5.35. The molecule has 7 heteroatoms. The summed E-state index contributed by atoms with van der Waals surface area (Å²) in [6.07, 6.45) is 4.00. The van der Waals surface area contributed by atoms with Crippen molar-refractivity contribution in [2.45, 2.75) is 13.3 Å². The monoisotopic (exact) mass is 336 g/mol. The fourth-order valence-electron chi connectivity index (χ4n) is 2.37. The fourth-order valence-corrected chi connectivity index (χ4v) is 2.37. The Morgan fingerprint density at radius 3 is 2.56 bits per heavy atom. The summed E-state index contributed by atoms with van der Waals surface area (Å²) in [6, 6.07) is 10.6. The van der Waals surface area contributed by atoms with E-state index in [0.717, 1.165) is 12.0 Å². The van der Waals surface area contributed by atoms with E-state index in [-0.39, 0.29) is 17.1 Å². The second-order valence-electron chi connectivity index (χ2n) is 5.35. The Morgan fingerprint density at radius 1 is 1.20 bits per heavy atom. The lowest BCUT2D eigenvalue weighted by Crippen LogP contribution is -2.17. The molecule has 0 aliphatic heterocycles. The maximum atomic E-state index is 12.4. The molecule has 0 saturated heterocycles. The summed E-state index contributed by atoms with van der Waals surface area (Å²) >= 11 is 0. The van der Waals surface area contributed by atoms with Gasteiger partial charge in [-0.05, 0) is 36.2 Å². The van der Waals surface area contributed by atoms with Gasteiger partial charge in [0.25, 0.3) is 11.8 Å². The Kier molecular flexibility index (Phi) is 4.56. The predicted molar refractivity (Wildman–Crippen MR) is 92.0 cm³/mol. The molecule has 0 radical (unpaired) electrons. The zero-order valence-electron chi connectivity index (χ0n) is 13.5. The van der Waals surface area contributed by atoms with Crippen LogP contribution in [0.1, 0.15) is 33.2 Å². The smallest absolute Gasteiger partial charge is 0.258 e. The molecule has 0 aliphatic rings. The molecule has 25 heavy (non-hydrogen) atoms. The molecule has 3 N–H and O–H groups in total. The second kappa shape index (κ2) is 6.96. The lowest BCUT2D eigenvalue weighted by atomic mass is 10.1. The van der Waals surface area contributed by atoms with Crippen LogP contribution >= 0.6 is 0 Å². The van der Waals surface area contributed by atoms with Crippen LogP contribution in [0.15, 0.2) is 53.3 Å². The molecular weight excluding hydrogens is 320 g/mol. The van der Waals surface area contributed by atoms with Crippen molar-refractivity contribution in [3.8, 4) is 11.3 Å². The van der Waals surface area contributed by atoms with Crippen molar-refractivity contribution < 1.29 is 14.1 Å². The zero-order chi connectivity index (χ0) is 17.8. The minimum atomic E-state index is -0.753. The van der Waals surface area contributed by atoms with Gasteiger partial charge in [0.15, 0.2) is 0 Å². The molecule has 3 rings (SSSR count). The van der Waals surface area contributed by atoms with Crippen LogP contribution in [0, 0.1) is 0 Å². The Hall–Kier alpha value is -3.48. The van der Waals surface area contributed by atoms with Crippen LogP contribution in [0.4, 0.5) is 5.88 Å². The number of rotatable bonds is 5. The van der Waals surface area contributed by atoms with Crippen molar-refractivity contribution >= 4 is 17.7 Å². The summed E-state index contributed by atoms with van der Waals surface area (Å²) in [6.45, 7) is 2.03. The van der Waals surface area contributed by atoms with Gasteiger partial charge in [-0.25, -0.2) is 0 Å². The molecule has 7 nitrogen and oxygen atoms in total. The molecule has 0 spiro atoms. The number of nitrogens with zero attached hydrogens (tertiary/aromatic N) is 2. The fraction of sp³-hybridized carbons (Fsp3) is 0.111. The normalized spacial score (nSPS) is 10.4. The third-order valence-electron chi connectivity index (χ3n) is 3.72. The number of hydrogen-bond acceptors (Lipinski definition) is 5.